The molecule has 5 nitrogen and oxygen atoms in total. The first-order chi connectivity index (χ1) is 8.15. The van der Waals surface area contributed by atoms with Gasteiger partial charge in [0.05, 0.1) is 5.69 Å². The van der Waals surface area contributed by atoms with Gasteiger partial charge in [0, 0.05) is 26.0 Å². The van der Waals surface area contributed by atoms with Gasteiger partial charge in [-0.15, -0.1) is 17.9 Å². The summed E-state index contributed by atoms with van der Waals surface area (Å²) in [6.45, 7) is 4.08. The maximum absolute atomic E-state index is 12.1. The van der Waals surface area contributed by atoms with Crippen LogP contribution < -0.4 is 5.73 Å². The minimum Gasteiger partial charge on any atom is -0.396 e. The number of likely N-dealkylation sites (N-methyl/N-ethyl adjacent to an activating group) is 1. The van der Waals surface area contributed by atoms with E-state index in [4.69, 9.17) is 5.73 Å². The zero-order valence-corrected chi connectivity index (χ0v) is 10.2. The lowest BCUT2D eigenvalue weighted by molar-refractivity contribution is 0.0816. The van der Waals surface area contributed by atoms with Crippen molar-refractivity contribution in [2.24, 2.45) is 0 Å². The van der Waals surface area contributed by atoms with E-state index in [1.165, 1.54) is 11.3 Å². The number of thiophene rings is 1. The van der Waals surface area contributed by atoms with Gasteiger partial charge >= 0.3 is 0 Å². The van der Waals surface area contributed by atoms with Gasteiger partial charge in [-0.25, -0.2) is 9.97 Å². The summed E-state index contributed by atoms with van der Waals surface area (Å²) in [5.74, 6) is -0.132. The molecule has 0 spiro atoms. The zero-order valence-electron chi connectivity index (χ0n) is 9.38. The second-order valence-corrected chi connectivity index (χ2v) is 4.53. The van der Waals surface area contributed by atoms with E-state index in [2.05, 4.69) is 16.5 Å². The van der Waals surface area contributed by atoms with Crippen molar-refractivity contribution in [3.8, 4) is 0 Å². The molecular formula is C11H12N4OS. The molecule has 0 bridgehead atoms. The molecule has 0 atom stereocenters. The molecule has 1 amide bonds. The molecule has 2 heterocycles. The van der Waals surface area contributed by atoms with Crippen molar-refractivity contribution in [1.82, 2.24) is 14.9 Å². The van der Waals surface area contributed by atoms with Crippen molar-refractivity contribution >= 4 is 33.3 Å². The Morgan fingerprint density at radius 3 is 2.94 bits per heavy atom. The van der Waals surface area contributed by atoms with Gasteiger partial charge < -0.3 is 10.6 Å². The number of anilines is 1. The number of hydrogen-bond acceptors (Lipinski definition) is 5. The second kappa shape index (κ2) is 4.50. The molecule has 2 aromatic rings. The Hall–Kier alpha value is -1.95. The van der Waals surface area contributed by atoms with Gasteiger partial charge in [-0.3, -0.25) is 4.79 Å². The summed E-state index contributed by atoms with van der Waals surface area (Å²) < 4.78 is 0. The highest BCUT2D eigenvalue weighted by atomic mass is 32.1. The van der Waals surface area contributed by atoms with Gasteiger partial charge in [0.25, 0.3) is 5.91 Å². The number of carbonyl (C=O) groups is 1. The fourth-order valence-corrected chi connectivity index (χ4v) is 2.47. The van der Waals surface area contributed by atoms with Crippen LogP contribution in [0.1, 0.15) is 9.67 Å². The Labute approximate surface area is 103 Å². The van der Waals surface area contributed by atoms with Gasteiger partial charge in [-0.1, -0.05) is 6.08 Å². The number of nitrogens with two attached hydrogens (primary N) is 1. The maximum Gasteiger partial charge on any atom is 0.266 e. The lowest BCUT2D eigenvalue weighted by Gasteiger charge is -2.13. The summed E-state index contributed by atoms with van der Waals surface area (Å²) in [4.78, 5) is 23.0. The largest absolute Gasteiger partial charge is 0.396 e. The van der Waals surface area contributed by atoms with Crippen LogP contribution in [-0.2, 0) is 0 Å². The van der Waals surface area contributed by atoms with Crippen molar-refractivity contribution in [1.29, 1.82) is 0 Å². The molecule has 0 aliphatic carbocycles. The number of amides is 1. The number of rotatable bonds is 3. The standard InChI is InChI=1S/C11H12N4OS/c1-3-6-15(2)11(16)9-7(12)8-10(17-9)14-5-4-13-8/h3-5H,1,6,12H2,2H3. The van der Waals surface area contributed by atoms with Crippen molar-refractivity contribution in [3.05, 3.63) is 29.9 Å². The second-order valence-electron chi connectivity index (χ2n) is 3.53. The van der Waals surface area contributed by atoms with Gasteiger partial charge in [0.1, 0.15) is 15.2 Å². The van der Waals surface area contributed by atoms with E-state index in [9.17, 15) is 4.79 Å². The Morgan fingerprint density at radius 1 is 1.59 bits per heavy atom. The topological polar surface area (TPSA) is 72.1 Å². The van der Waals surface area contributed by atoms with Crippen LogP contribution in [0, 0.1) is 0 Å². The van der Waals surface area contributed by atoms with Gasteiger partial charge in [0.2, 0.25) is 0 Å². The lowest BCUT2D eigenvalue weighted by atomic mass is 10.3. The normalized spacial score (nSPS) is 10.4. The first-order valence-electron chi connectivity index (χ1n) is 5.00. The molecule has 6 heteroatoms. The van der Waals surface area contributed by atoms with Crippen molar-refractivity contribution in [2.75, 3.05) is 19.3 Å². The Bertz CT molecular complexity index is 578. The summed E-state index contributed by atoms with van der Waals surface area (Å²) in [5.41, 5.74) is 6.90. The summed E-state index contributed by atoms with van der Waals surface area (Å²) in [7, 11) is 1.70. The molecule has 0 saturated heterocycles. The van der Waals surface area contributed by atoms with Crippen molar-refractivity contribution in [3.63, 3.8) is 0 Å². The van der Waals surface area contributed by atoms with E-state index in [-0.39, 0.29) is 5.91 Å². The molecular weight excluding hydrogens is 236 g/mol. The minimum atomic E-state index is -0.132. The monoisotopic (exact) mass is 248 g/mol. The molecule has 0 saturated carbocycles. The number of hydrogen-bond donors (Lipinski definition) is 1. The molecule has 2 N–H and O–H groups in total. The molecule has 88 valence electrons. The highest BCUT2D eigenvalue weighted by molar-refractivity contribution is 7.21. The molecule has 2 aromatic heterocycles. The highest BCUT2D eigenvalue weighted by Crippen LogP contribution is 2.31. The smallest absolute Gasteiger partial charge is 0.266 e. The molecule has 17 heavy (non-hydrogen) atoms. The number of aromatic nitrogens is 2. The zero-order chi connectivity index (χ0) is 12.4. The van der Waals surface area contributed by atoms with E-state index in [1.54, 1.807) is 30.4 Å². The molecule has 0 radical (unpaired) electrons. The fraction of sp³-hybridized carbons (Fsp3) is 0.182. The molecule has 0 unspecified atom stereocenters. The first-order valence-corrected chi connectivity index (χ1v) is 5.82. The van der Waals surface area contributed by atoms with Crippen LogP contribution in [0.15, 0.2) is 25.0 Å². The van der Waals surface area contributed by atoms with Crippen LogP contribution in [0.5, 0.6) is 0 Å². The number of nitrogen functional groups attached to an aromatic ring is 1. The quantitative estimate of drug-likeness (QED) is 0.836. The van der Waals surface area contributed by atoms with E-state index in [0.717, 1.165) is 0 Å². The SMILES string of the molecule is C=CCN(C)C(=O)c1sc2nccnc2c1N. The van der Waals surface area contributed by atoms with Gasteiger partial charge in [0.15, 0.2) is 0 Å². The summed E-state index contributed by atoms with van der Waals surface area (Å²) in [6, 6.07) is 0. The third-order valence-electron chi connectivity index (χ3n) is 2.31. The van der Waals surface area contributed by atoms with E-state index >= 15 is 0 Å². The Kier molecular flexibility index (Phi) is 3.06. The predicted octanol–water partition coefficient (Wildman–Crippen LogP) is 1.53. The van der Waals surface area contributed by atoms with Crippen molar-refractivity contribution < 1.29 is 4.79 Å². The molecule has 0 aliphatic rings. The summed E-state index contributed by atoms with van der Waals surface area (Å²) >= 11 is 1.26. The van der Waals surface area contributed by atoms with Crippen LogP contribution in [-0.4, -0.2) is 34.4 Å². The fourth-order valence-electron chi connectivity index (χ4n) is 1.45. The Morgan fingerprint density at radius 2 is 2.29 bits per heavy atom. The van der Waals surface area contributed by atoms with Gasteiger partial charge in [-0.05, 0) is 0 Å². The lowest BCUT2D eigenvalue weighted by Crippen LogP contribution is -2.26. The highest BCUT2D eigenvalue weighted by Gasteiger charge is 2.20. The third kappa shape index (κ3) is 1.99. The van der Waals surface area contributed by atoms with Crippen LogP contribution in [0.3, 0.4) is 0 Å². The molecule has 0 aliphatic heterocycles. The predicted molar refractivity (Wildman–Crippen MR) is 69.0 cm³/mol. The van der Waals surface area contributed by atoms with Crippen LogP contribution in [0.2, 0.25) is 0 Å². The third-order valence-corrected chi connectivity index (χ3v) is 3.40. The van der Waals surface area contributed by atoms with E-state index in [0.29, 0.717) is 27.5 Å². The molecule has 0 fully saturated rings. The number of fused-ring (bicyclic) bond motifs is 1. The maximum atomic E-state index is 12.1. The number of nitrogens with zero attached hydrogens (tertiary/aromatic N) is 3. The van der Waals surface area contributed by atoms with Crippen LogP contribution in [0.4, 0.5) is 5.69 Å². The van der Waals surface area contributed by atoms with Gasteiger partial charge in [-0.2, -0.15) is 0 Å². The minimum absolute atomic E-state index is 0.132. The molecule has 0 aromatic carbocycles. The van der Waals surface area contributed by atoms with Crippen molar-refractivity contribution in [2.45, 2.75) is 0 Å². The Balaban J connectivity index is 2.45. The van der Waals surface area contributed by atoms with E-state index < -0.39 is 0 Å². The van der Waals surface area contributed by atoms with Crippen LogP contribution >= 0.6 is 11.3 Å². The van der Waals surface area contributed by atoms with Crippen LogP contribution in [0.25, 0.3) is 10.3 Å². The summed E-state index contributed by atoms with van der Waals surface area (Å²) in [5, 5.41) is 0. The summed E-state index contributed by atoms with van der Waals surface area (Å²) in [6.07, 6.45) is 4.81. The van der Waals surface area contributed by atoms with E-state index in [1.807, 2.05) is 0 Å². The number of carbonyl (C=O) groups excluding carboxylic acids is 1. The average molecular weight is 248 g/mol. The first kappa shape index (κ1) is 11.5. The molecule has 2 rings (SSSR count). The average Bonchev–Trinajstić information content (AvgIpc) is 2.67.